The lowest BCUT2D eigenvalue weighted by Crippen LogP contribution is -2.19. The van der Waals surface area contributed by atoms with E-state index in [0.717, 1.165) is 12.8 Å². The number of aromatic nitrogens is 1. The Morgan fingerprint density at radius 1 is 1.45 bits per heavy atom. The van der Waals surface area contributed by atoms with Crippen LogP contribution in [0.1, 0.15) is 19.3 Å². The Morgan fingerprint density at radius 2 is 2.25 bits per heavy atom. The molecule has 1 N–H and O–H groups in total. The minimum Gasteiger partial charge on any atom is -0.469 e. The molecule has 0 bridgehead atoms. The van der Waals surface area contributed by atoms with E-state index in [4.69, 9.17) is 4.74 Å². The molecule has 20 heavy (non-hydrogen) atoms. The van der Waals surface area contributed by atoms with Gasteiger partial charge < -0.3 is 14.8 Å². The quantitative estimate of drug-likeness (QED) is 0.842. The van der Waals surface area contributed by atoms with Gasteiger partial charge >= 0.3 is 12.6 Å². The van der Waals surface area contributed by atoms with Crippen LogP contribution in [0.25, 0.3) is 0 Å². The molecule has 0 aliphatic heterocycles. The van der Waals surface area contributed by atoms with Crippen molar-refractivity contribution in [1.29, 1.82) is 0 Å². The summed E-state index contributed by atoms with van der Waals surface area (Å²) in [6, 6.07) is 3.13. The molecule has 0 saturated heterocycles. The number of pyridine rings is 1. The van der Waals surface area contributed by atoms with Gasteiger partial charge in [-0.3, -0.25) is 4.79 Å². The summed E-state index contributed by atoms with van der Waals surface area (Å²) in [7, 11) is 1.38. The Morgan fingerprint density at radius 3 is 2.85 bits per heavy atom. The van der Waals surface area contributed by atoms with Gasteiger partial charge in [-0.2, -0.15) is 8.78 Å². The molecule has 1 fully saturated rings. The molecular formula is C13H16F2N2O3. The average Bonchev–Trinajstić information content (AvgIpc) is 2.88. The molecule has 0 spiro atoms. The van der Waals surface area contributed by atoms with Crippen molar-refractivity contribution >= 4 is 11.8 Å². The summed E-state index contributed by atoms with van der Waals surface area (Å²) >= 11 is 0. The Hall–Kier alpha value is -1.92. The van der Waals surface area contributed by atoms with E-state index in [1.165, 1.54) is 19.4 Å². The summed E-state index contributed by atoms with van der Waals surface area (Å²) in [4.78, 5) is 15.4. The van der Waals surface area contributed by atoms with Crippen molar-refractivity contribution in [3.63, 3.8) is 0 Å². The molecule has 1 saturated carbocycles. The predicted molar refractivity (Wildman–Crippen MR) is 67.6 cm³/mol. The smallest absolute Gasteiger partial charge is 0.387 e. The van der Waals surface area contributed by atoms with Gasteiger partial charge in [0.1, 0.15) is 11.6 Å². The normalized spacial score (nSPS) is 21.8. The molecule has 2 atom stereocenters. The highest BCUT2D eigenvalue weighted by Crippen LogP contribution is 2.28. The van der Waals surface area contributed by atoms with Gasteiger partial charge in [0.05, 0.1) is 19.2 Å². The first-order chi connectivity index (χ1) is 9.58. The monoisotopic (exact) mass is 286 g/mol. The van der Waals surface area contributed by atoms with Gasteiger partial charge in [-0.15, -0.1) is 0 Å². The van der Waals surface area contributed by atoms with E-state index in [0.29, 0.717) is 12.2 Å². The third-order valence-electron chi connectivity index (χ3n) is 3.28. The van der Waals surface area contributed by atoms with Crippen molar-refractivity contribution in [2.45, 2.75) is 31.9 Å². The van der Waals surface area contributed by atoms with Crippen molar-refractivity contribution < 1.29 is 23.0 Å². The largest absolute Gasteiger partial charge is 0.469 e. The number of nitrogens with one attached hydrogen (secondary N) is 1. The van der Waals surface area contributed by atoms with E-state index >= 15 is 0 Å². The first-order valence-corrected chi connectivity index (χ1v) is 6.33. The zero-order valence-corrected chi connectivity index (χ0v) is 11.0. The predicted octanol–water partition coefficient (Wildman–Crippen LogP) is 2.44. The minimum atomic E-state index is -2.86. The lowest BCUT2D eigenvalue weighted by Gasteiger charge is -2.13. The topological polar surface area (TPSA) is 60.5 Å². The molecule has 1 aromatic heterocycles. The van der Waals surface area contributed by atoms with Crippen molar-refractivity contribution in [3.8, 4) is 5.75 Å². The Balaban J connectivity index is 1.86. The maximum Gasteiger partial charge on any atom is 0.387 e. The molecule has 5 nitrogen and oxygen atoms in total. The number of methoxy groups -OCH3 is 1. The number of halogens is 2. The van der Waals surface area contributed by atoms with Crippen molar-refractivity contribution in [2.24, 2.45) is 5.92 Å². The summed E-state index contributed by atoms with van der Waals surface area (Å²) in [6.45, 7) is -2.86. The lowest BCUT2D eigenvalue weighted by atomic mass is 10.1. The first-order valence-electron chi connectivity index (χ1n) is 6.33. The number of esters is 1. The fraction of sp³-hybridized carbons (Fsp3) is 0.538. The van der Waals surface area contributed by atoms with Gasteiger partial charge in [0, 0.05) is 6.04 Å². The number of hydrogen-bond donors (Lipinski definition) is 1. The number of rotatable bonds is 5. The van der Waals surface area contributed by atoms with Crippen LogP contribution >= 0.6 is 0 Å². The maximum absolute atomic E-state index is 12.0. The number of ether oxygens (including phenoxy) is 2. The number of carbonyl (C=O) groups excluding carboxylic acids is 1. The van der Waals surface area contributed by atoms with E-state index in [2.05, 4.69) is 15.0 Å². The maximum atomic E-state index is 12.0. The van der Waals surface area contributed by atoms with Crippen LogP contribution in [0.15, 0.2) is 18.3 Å². The highest BCUT2D eigenvalue weighted by Gasteiger charge is 2.30. The second-order valence-corrected chi connectivity index (χ2v) is 4.63. The van der Waals surface area contributed by atoms with Crippen LogP contribution < -0.4 is 10.1 Å². The molecule has 0 radical (unpaired) electrons. The fourth-order valence-corrected chi connectivity index (χ4v) is 2.34. The number of carbonyl (C=O) groups is 1. The number of hydrogen-bond acceptors (Lipinski definition) is 5. The van der Waals surface area contributed by atoms with Gasteiger partial charge in [0.25, 0.3) is 0 Å². The Bertz CT molecular complexity index is 453. The van der Waals surface area contributed by atoms with Crippen LogP contribution in [-0.2, 0) is 9.53 Å². The highest BCUT2D eigenvalue weighted by atomic mass is 19.3. The molecule has 7 heteroatoms. The molecule has 110 valence electrons. The zero-order valence-electron chi connectivity index (χ0n) is 11.0. The molecule has 1 aromatic rings. The summed E-state index contributed by atoms with van der Waals surface area (Å²) in [5.74, 6) is 0.313. The fourth-order valence-electron chi connectivity index (χ4n) is 2.34. The minimum absolute atomic E-state index is 0.0180. The molecule has 1 heterocycles. The summed E-state index contributed by atoms with van der Waals surface area (Å²) in [6.07, 6.45) is 3.54. The third-order valence-corrected chi connectivity index (χ3v) is 3.28. The van der Waals surface area contributed by atoms with E-state index in [9.17, 15) is 13.6 Å². The number of nitrogens with zero attached hydrogens (tertiary/aromatic N) is 1. The Labute approximate surface area is 115 Å². The first kappa shape index (κ1) is 14.5. The van der Waals surface area contributed by atoms with Crippen molar-refractivity contribution in [1.82, 2.24) is 4.98 Å². The van der Waals surface area contributed by atoms with Crippen molar-refractivity contribution in [3.05, 3.63) is 18.3 Å². The third kappa shape index (κ3) is 3.79. The standard InChI is InChI=1S/C13H16F2N2O3/c1-19-12(18)8-2-3-9(6-8)17-11-5-4-10(7-16-11)20-13(14)15/h4-5,7-9,13H,2-3,6H2,1H3,(H,16,17)/t8-,9+/m0/s1. The molecule has 1 aliphatic rings. The van der Waals surface area contributed by atoms with Crippen LogP contribution in [0, 0.1) is 5.92 Å². The molecular weight excluding hydrogens is 270 g/mol. The number of alkyl halides is 2. The molecule has 1 aliphatic carbocycles. The molecule has 0 aromatic carbocycles. The van der Waals surface area contributed by atoms with Crippen LogP contribution in [0.3, 0.4) is 0 Å². The van der Waals surface area contributed by atoms with Gasteiger partial charge in [0.2, 0.25) is 0 Å². The van der Waals surface area contributed by atoms with Gasteiger partial charge in [-0.1, -0.05) is 0 Å². The van der Waals surface area contributed by atoms with E-state index < -0.39 is 6.61 Å². The second-order valence-electron chi connectivity index (χ2n) is 4.63. The lowest BCUT2D eigenvalue weighted by molar-refractivity contribution is -0.145. The zero-order chi connectivity index (χ0) is 14.5. The van der Waals surface area contributed by atoms with Crippen LogP contribution in [0.4, 0.5) is 14.6 Å². The van der Waals surface area contributed by atoms with Gasteiger partial charge in [-0.05, 0) is 31.4 Å². The molecule has 2 rings (SSSR count). The summed E-state index contributed by atoms with van der Waals surface area (Å²) in [5, 5.41) is 3.17. The van der Waals surface area contributed by atoms with Crippen LogP contribution in [0.5, 0.6) is 5.75 Å². The second kappa shape index (κ2) is 6.49. The van der Waals surface area contributed by atoms with Crippen molar-refractivity contribution in [2.75, 3.05) is 12.4 Å². The van der Waals surface area contributed by atoms with E-state index in [1.807, 2.05) is 0 Å². The Kier molecular flexibility index (Phi) is 4.70. The van der Waals surface area contributed by atoms with Gasteiger partial charge in [0.15, 0.2) is 0 Å². The van der Waals surface area contributed by atoms with E-state index in [1.54, 1.807) is 6.07 Å². The summed E-state index contributed by atoms with van der Waals surface area (Å²) < 4.78 is 32.9. The van der Waals surface area contributed by atoms with E-state index in [-0.39, 0.29) is 23.7 Å². The average molecular weight is 286 g/mol. The highest BCUT2D eigenvalue weighted by molar-refractivity contribution is 5.72. The SMILES string of the molecule is COC(=O)[C@H]1CC[C@@H](Nc2ccc(OC(F)F)cn2)C1. The van der Waals surface area contributed by atoms with Gasteiger partial charge in [-0.25, -0.2) is 4.98 Å². The summed E-state index contributed by atoms with van der Waals surface area (Å²) in [5.41, 5.74) is 0. The van der Waals surface area contributed by atoms with Crippen LogP contribution in [0.2, 0.25) is 0 Å². The molecule has 0 amide bonds. The molecule has 0 unspecified atom stereocenters. The van der Waals surface area contributed by atoms with Crippen LogP contribution in [-0.4, -0.2) is 30.7 Å². The number of anilines is 1.